The van der Waals surface area contributed by atoms with Gasteiger partial charge in [-0.2, -0.15) is 0 Å². The zero-order chi connectivity index (χ0) is 34.2. The number of hydrogen-bond donors (Lipinski definition) is 0. The molecule has 0 aromatic heterocycles. The Bertz CT molecular complexity index is 1470. The van der Waals surface area contributed by atoms with Crippen molar-refractivity contribution in [1.82, 2.24) is 0 Å². The second-order valence-corrected chi connectivity index (χ2v) is 18.8. The summed E-state index contributed by atoms with van der Waals surface area (Å²) in [6.07, 6.45) is 9.65. The van der Waals surface area contributed by atoms with Crippen LogP contribution in [0.3, 0.4) is 0 Å². The Labute approximate surface area is 291 Å². The van der Waals surface area contributed by atoms with Gasteiger partial charge in [-0.15, -0.1) is 0 Å². The van der Waals surface area contributed by atoms with E-state index in [2.05, 4.69) is 116 Å². The summed E-state index contributed by atoms with van der Waals surface area (Å²) in [4.78, 5) is 13.8. The van der Waals surface area contributed by atoms with Crippen molar-refractivity contribution in [2.75, 3.05) is 0 Å². The number of rotatable bonds is 7. The van der Waals surface area contributed by atoms with Crippen molar-refractivity contribution in [2.45, 2.75) is 150 Å². The Balaban J connectivity index is 1.31. The van der Waals surface area contributed by atoms with Gasteiger partial charge in [0.25, 0.3) is 0 Å². The summed E-state index contributed by atoms with van der Waals surface area (Å²) in [6, 6.07) is 21.4. The highest BCUT2D eigenvalue weighted by Crippen LogP contribution is 2.76. The van der Waals surface area contributed by atoms with Crippen LogP contribution in [0.15, 0.2) is 60.7 Å². The number of benzene rings is 2. The summed E-state index contributed by atoms with van der Waals surface area (Å²) in [5.74, 6) is 1.86. The largest absolute Gasteiger partial charge is 0.373 e. The minimum Gasteiger partial charge on any atom is -0.373 e. The van der Waals surface area contributed by atoms with Crippen LogP contribution in [0.1, 0.15) is 124 Å². The Morgan fingerprint density at radius 3 is 1.94 bits per heavy atom. The predicted octanol–water partition coefficient (Wildman–Crippen LogP) is 10.4. The van der Waals surface area contributed by atoms with Gasteiger partial charge in [0.1, 0.15) is 5.78 Å². The summed E-state index contributed by atoms with van der Waals surface area (Å²) < 4.78 is 21.5. The van der Waals surface area contributed by atoms with Crippen molar-refractivity contribution in [2.24, 2.45) is 45.3 Å². The SMILES string of the molecule is CC1(C)CCC[C@](C)([C@H]2CC[C@]3(C)[C@@H]2[C@H](OCc2ccccc2)C[C@@H]2[C@@]4(C)CCC(=O)C(C)(C)[C@@H]4[C@@H](OCc4ccccc4)C[C@]23C)O1. The lowest BCUT2D eigenvalue weighted by Gasteiger charge is -2.71. The van der Waals surface area contributed by atoms with Crippen molar-refractivity contribution in [1.29, 1.82) is 0 Å². The lowest BCUT2D eigenvalue weighted by atomic mass is 9.34. The van der Waals surface area contributed by atoms with Gasteiger partial charge in [-0.25, -0.2) is 0 Å². The van der Waals surface area contributed by atoms with E-state index in [0.717, 1.165) is 32.1 Å². The van der Waals surface area contributed by atoms with Gasteiger partial charge in [-0.3, -0.25) is 4.79 Å². The van der Waals surface area contributed by atoms with Crippen molar-refractivity contribution < 1.29 is 19.0 Å². The molecule has 48 heavy (non-hydrogen) atoms. The maximum Gasteiger partial charge on any atom is 0.138 e. The summed E-state index contributed by atoms with van der Waals surface area (Å²) in [5, 5.41) is 0. The first-order chi connectivity index (χ1) is 22.6. The van der Waals surface area contributed by atoms with Crippen molar-refractivity contribution in [3.05, 3.63) is 71.8 Å². The molecule has 2 aromatic carbocycles. The van der Waals surface area contributed by atoms with E-state index in [-0.39, 0.29) is 45.6 Å². The minimum absolute atomic E-state index is 0.0227. The molecular formula is C44H62O4. The van der Waals surface area contributed by atoms with E-state index in [1.54, 1.807) is 0 Å². The molecule has 0 radical (unpaired) electrons. The van der Waals surface area contributed by atoms with Crippen LogP contribution in [-0.2, 0) is 32.2 Å². The summed E-state index contributed by atoms with van der Waals surface area (Å²) in [5.41, 5.74) is 1.84. The molecule has 1 saturated heterocycles. The molecule has 1 heterocycles. The summed E-state index contributed by atoms with van der Waals surface area (Å²) >= 11 is 0. The lowest BCUT2D eigenvalue weighted by molar-refractivity contribution is -0.278. The van der Waals surface area contributed by atoms with Crippen molar-refractivity contribution in [3.8, 4) is 0 Å². The Morgan fingerprint density at radius 2 is 1.33 bits per heavy atom. The third-order valence-electron chi connectivity index (χ3n) is 15.3. The maximum absolute atomic E-state index is 13.8. The number of ether oxygens (including phenoxy) is 3. The van der Waals surface area contributed by atoms with Crippen LogP contribution in [0.5, 0.6) is 0 Å². The van der Waals surface area contributed by atoms with Crippen LogP contribution in [0.25, 0.3) is 0 Å². The van der Waals surface area contributed by atoms with E-state index in [0.29, 0.717) is 43.2 Å². The second kappa shape index (κ2) is 12.1. The molecule has 5 aliphatic rings. The van der Waals surface area contributed by atoms with Crippen LogP contribution < -0.4 is 0 Å². The first kappa shape index (κ1) is 34.4. The first-order valence-corrected chi connectivity index (χ1v) is 19.2. The summed E-state index contributed by atoms with van der Waals surface area (Å²) in [7, 11) is 0. The smallest absolute Gasteiger partial charge is 0.138 e. The van der Waals surface area contributed by atoms with Gasteiger partial charge in [0.2, 0.25) is 0 Å². The van der Waals surface area contributed by atoms with E-state index in [1.807, 2.05) is 0 Å². The average Bonchev–Trinajstić information content (AvgIpc) is 3.42. The van der Waals surface area contributed by atoms with Crippen LogP contribution >= 0.6 is 0 Å². The molecule has 5 fully saturated rings. The normalized spacial score (nSPS) is 43.2. The van der Waals surface area contributed by atoms with Gasteiger partial charge in [-0.1, -0.05) is 95.3 Å². The summed E-state index contributed by atoms with van der Waals surface area (Å²) in [6.45, 7) is 20.5. The molecule has 0 N–H and O–H groups in total. The molecule has 7 rings (SSSR count). The number of fused-ring (bicyclic) bond motifs is 5. The molecule has 4 aliphatic carbocycles. The predicted molar refractivity (Wildman–Crippen MR) is 192 cm³/mol. The molecule has 4 saturated carbocycles. The van der Waals surface area contributed by atoms with Gasteiger partial charge in [0.05, 0.1) is 36.6 Å². The van der Waals surface area contributed by atoms with Gasteiger partial charge >= 0.3 is 0 Å². The highest BCUT2D eigenvalue weighted by atomic mass is 16.5. The molecule has 2 aromatic rings. The van der Waals surface area contributed by atoms with E-state index in [4.69, 9.17) is 14.2 Å². The van der Waals surface area contributed by atoms with Crippen LogP contribution in [-0.4, -0.2) is 29.2 Å². The molecule has 10 atom stereocenters. The average molecular weight is 655 g/mol. The van der Waals surface area contributed by atoms with Gasteiger partial charge < -0.3 is 14.2 Å². The Morgan fingerprint density at radius 1 is 0.729 bits per heavy atom. The zero-order valence-corrected chi connectivity index (χ0v) is 31.1. The number of hydrogen-bond acceptors (Lipinski definition) is 4. The van der Waals surface area contributed by atoms with Crippen LogP contribution in [0, 0.1) is 45.3 Å². The molecule has 4 nitrogen and oxygen atoms in total. The highest BCUT2D eigenvalue weighted by molar-refractivity contribution is 5.85. The van der Waals surface area contributed by atoms with Gasteiger partial charge in [0, 0.05) is 17.8 Å². The van der Waals surface area contributed by atoms with E-state index in [1.165, 1.54) is 30.4 Å². The maximum atomic E-state index is 13.8. The third kappa shape index (κ3) is 5.46. The molecule has 262 valence electrons. The lowest BCUT2D eigenvalue weighted by Crippen LogP contribution is -2.70. The molecule has 0 spiro atoms. The fraction of sp³-hybridized carbons (Fsp3) is 0.705. The van der Waals surface area contributed by atoms with Crippen LogP contribution in [0.4, 0.5) is 0 Å². The minimum atomic E-state index is -0.430. The number of carbonyl (C=O) groups excluding carboxylic acids is 1. The fourth-order valence-electron chi connectivity index (χ4n) is 13.1. The Kier molecular flexibility index (Phi) is 8.65. The third-order valence-corrected chi connectivity index (χ3v) is 15.3. The molecule has 4 heteroatoms. The number of ketones is 1. The highest BCUT2D eigenvalue weighted by Gasteiger charge is 2.74. The van der Waals surface area contributed by atoms with Gasteiger partial charge in [-0.05, 0) is 117 Å². The van der Waals surface area contributed by atoms with Gasteiger partial charge in [0.15, 0.2) is 0 Å². The van der Waals surface area contributed by atoms with Crippen molar-refractivity contribution in [3.63, 3.8) is 0 Å². The standard InChI is InChI=1S/C44H62O4/c1-39(2)22-15-23-44(8,48-39)32-20-25-42(6)37(32)33(46-28-30-16-11-9-12-17-30)26-35-41(5)24-21-36(45)40(3,4)38(41)34(27-43(35,42)7)47-29-31-18-13-10-14-19-31/h9-14,16-19,32-35,37-38H,15,20-29H2,1-8H3/t32-,33+,34-,35+,37-,38-,41+,42+,43+,44+/m0/s1. The second-order valence-electron chi connectivity index (χ2n) is 18.8. The number of Topliss-reactive ketones (excluding diaryl/α,β-unsaturated/α-hetero) is 1. The van der Waals surface area contributed by atoms with E-state index < -0.39 is 5.41 Å². The molecule has 0 unspecified atom stereocenters. The molecule has 1 aliphatic heterocycles. The first-order valence-electron chi connectivity index (χ1n) is 19.2. The Hall–Kier alpha value is -2.01. The molecular weight excluding hydrogens is 592 g/mol. The number of carbonyl (C=O) groups is 1. The van der Waals surface area contributed by atoms with E-state index >= 15 is 0 Å². The molecule has 0 amide bonds. The molecule has 0 bridgehead atoms. The quantitative estimate of drug-likeness (QED) is 0.298. The van der Waals surface area contributed by atoms with E-state index in [9.17, 15) is 4.79 Å². The zero-order valence-electron chi connectivity index (χ0n) is 31.1. The van der Waals surface area contributed by atoms with Crippen LogP contribution in [0.2, 0.25) is 0 Å². The monoisotopic (exact) mass is 654 g/mol. The fourth-order valence-corrected chi connectivity index (χ4v) is 13.1. The van der Waals surface area contributed by atoms with Crippen molar-refractivity contribution >= 4 is 5.78 Å². The topological polar surface area (TPSA) is 44.8 Å².